The minimum atomic E-state index is -0.607. The van der Waals surface area contributed by atoms with E-state index < -0.39 is 5.41 Å². The minimum Gasteiger partial charge on any atom is -0.457 e. The first-order chi connectivity index (χ1) is 42.8. The largest absolute Gasteiger partial charge is 0.457 e. The van der Waals surface area contributed by atoms with Gasteiger partial charge in [-0.2, -0.15) is 0 Å². The lowest BCUT2D eigenvalue weighted by Gasteiger charge is -2.36. The molecule has 0 amide bonds. The Morgan fingerprint density at radius 3 is 1.56 bits per heavy atom. The summed E-state index contributed by atoms with van der Waals surface area (Å²) in [6.45, 7) is 9.72. The molecule has 3 heterocycles. The highest BCUT2D eigenvalue weighted by Crippen LogP contribution is 2.59. The average Bonchev–Trinajstić information content (AvgIpc) is 1.62. The minimum absolute atomic E-state index is 0.289. The normalized spacial score (nSPS) is 13.3. The van der Waals surface area contributed by atoms with Crippen LogP contribution in [0.5, 0.6) is 11.5 Å². The molecule has 1 aliphatic carbocycles. The lowest BCUT2D eigenvalue weighted by molar-refractivity contribution is 0.483. The van der Waals surface area contributed by atoms with Gasteiger partial charge in [0.05, 0.1) is 50.2 Å². The van der Waals surface area contributed by atoms with Crippen LogP contribution in [0.4, 0.5) is 22.7 Å². The van der Waals surface area contributed by atoms with Gasteiger partial charge in [0.1, 0.15) is 18.2 Å². The van der Waals surface area contributed by atoms with Crippen LogP contribution in [-0.2, 0) is 5.41 Å². The van der Waals surface area contributed by atoms with Crippen molar-refractivity contribution in [1.82, 2.24) is 14.1 Å². The van der Waals surface area contributed by atoms with Gasteiger partial charge in [-0.3, -0.25) is 9.13 Å². The van der Waals surface area contributed by atoms with E-state index in [1.807, 2.05) is 0 Å². The van der Waals surface area contributed by atoms with Gasteiger partial charge in [-0.15, -0.1) is 0 Å². The number of rotatable bonds is 12. The Morgan fingerprint density at radius 2 is 0.908 bits per heavy atom. The van der Waals surface area contributed by atoms with E-state index in [1.165, 1.54) is 50.2 Å². The van der Waals surface area contributed by atoms with Gasteiger partial charge in [-0.05, 0) is 134 Å². The Morgan fingerprint density at radius 1 is 0.379 bits per heavy atom. The first-order valence-corrected chi connectivity index (χ1v) is 30.4. The average molecular weight is 1120 g/mol. The maximum atomic E-state index is 7.08. The smallest absolute Gasteiger partial charge is 0.220 e. The van der Waals surface area contributed by atoms with Crippen LogP contribution in [0.3, 0.4) is 0 Å². The number of nitrogens with zero attached hydrogens (tertiary/aromatic N) is 5. The fourth-order valence-electron chi connectivity index (χ4n) is 14.4. The summed E-state index contributed by atoms with van der Waals surface area (Å²) in [5.74, 6) is 2.90. The molecule has 2 aliphatic rings. The van der Waals surface area contributed by atoms with E-state index in [1.54, 1.807) is 0 Å². The Kier molecular flexibility index (Phi) is 12.4. The van der Waals surface area contributed by atoms with Crippen molar-refractivity contribution in [2.45, 2.75) is 44.9 Å². The Hall–Kier alpha value is -10.7. The van der Waals surface area contributed by atoms with Crippen LogP contribution in [0, 0.1) is 0 Å². The standard InChI is InChI=1S/C81H63N5O/c1-53(2)62-37-25-38-63(54(3)4)79(62)86-74-43-21-19-41-72(74)82-80(86)85-73-42-20-16-36-66(73)67-47-46-61(51-77(67)85)87-60-33-24-32-59(50-60)83-52-84(76-45-23-22-44-75(76)83)78-68(55-26-8-5-9-27-55)48-58(49-69(78)56-28-10-6-11-29-56)81(57-30-12-7-13-31-57)70-39-17-14-34-64(70)65-35-15-18-40-71(65)81/h5-51,53-54H,52H2,1-4H3. The maximum absolute atomic E-state index is 7.08. The topological polar surface area (TPSA) is 38.5 Å². The molecule has 6 nitrogen and oxygen atoms in total. The third kappa shape index (κ3) is 8.26. The number of benzene rings is 12. The van der Waals surface area contributed by atoms with E-state index in [4.69, 9.17) is 9.72 Å². The van der Waals surface area contributed by atoms with Gasteiger partial charge in [0, 0.05) is 39.7 Å². The maximum Gasteiger partial charge on any atom is 0.220 e. The number of hydrogen-bond donors (Lipinski definition) is 0. The molecule has 14 aromatic rings. The SMILES string of the molecule is CC(C)c1cccc(C(C)C)c1-n1c(-n2c3ccccc3c3ccc(Oc4cccc(N5CN(c6c(-c7ccccc7)cc(C7(c8ccccc8)c8ccccc8-c8ccccc87)cc6-c6ccccc6)c6ccccc65)c4)cc32)nc2ccccc21. The van der Waals surface area contributed by atoms with E-state index >= 15 is 0 Å². The van der Waals surface area contributed by atoms with Gasteiger partial charge < -0.3 is 14.5 Å². The summed E-state index contributed by atoms with van der Waals surface area (Å²) in [7, 11) is 0. The lowest BCUT2D eigenvalue weighted by atomic mass is 9.66. The molecule has 0 atom stereocenters. The van der Waals surface area contributed by atoms with Crippen LogP contribution < -0.4 is 14.5 Å². The van der Waals surface area contributed by atoms with Crippen LogP contribution in [0.1, 0.15) is 72.9 Å². The van der Waals surface area contributed by atoms with Crippen LogP contribution >= 0.6 is 0 Å². The van der Waals surface area contributed by atoms with E-state index in [2.05, 4.69) is 332 Å². The van der Waals surface area contributed by atoms with Crippen molar-refractivity contribution in [1.29, 1.82) is 0 Å². The number of imidazole rings is 1. The molecule has 87 heavy (non-hydrogen) atoms. The van der Waals surface area contributed by atoms with Crippen LogP contribution in [0.2, 0.25) is 0 Å². The first kappa shape index (κ1) is 51.9. The second kappa shape index (κ2) is 20.8. The van der Waals surface area contributed by atoms with Gasteiger partial charge in [-0.1, -0.05) is 234 Å². The number of hydrogen-bond acceptors (Lipinski definition) is 4. The van der Waals surface area contributed by atoms with Gasteiger partial charge in [-0.25, -0.2) is 4.98 Å². The molecule has 0 N–H and O–H groups in total. The van der Waals surface area contributed by atoms with E-state index in [0.29, 0.717) is 6.67 Å². The summed E-state index contributed by atoms with van der Waals surface area (Å²) < 4.78 is 11.8. The Labute approximate surface area is 508 Å². The summed E-state index contributed by atoms with van der Waals surface area (Å²) in [5.41, 5.74) is 23.9. The highest BCUT2D eigenvalue weighted by molar-refractivity contribution is 6.10. The number of para-hydroxylation sites is 6. The molecule has 0 saturated heterocycles. The highest BCUT2D eigenvalue weighted by atomic mass is 16.5. The zero-order chi connectivity index (χ0) is 58.3. The molecule has 2 aromatic heterocycles. The quantitative estimate of drug-likeness (QED) is 0.122. The predicted molar refractivity (Wildman–Crippen MR) is 360 cm³/mol. The van der Waals surface area contributed by atoms with Crippen molar-refractivity contribution < 1.29 is 4.74 Å². The van der Waals surface area contributed by atoms with Gasteiger partial charge in [0.15, 0.2) is 0 Å². The van der Waals surface area contributed by atoms with Crippen molar-refractivity contribution in [3.05, 3.63) is 318 Å². The van der Waals surface area contributed by atoms with E-state index in [9.17, 15) is 0 Å². The monoisotopic (exact) mass is 1120 g/mol. The zero-order valence-electron chi connectivity index (χ0n) is 49.1. The lowest BCUT2D eigenvalue weighted by Crippen LogP contribution is -2.29. The molecule has 0 bridgehead atoms. The molecule has 0 fully saturated rings. The van der Waals surface area contributed by atoms with Crippen LogP contribution in [-0.4, -0.2) is 20.8 Å². The van der Waals surface area contributed by atoms with Gasteiger partial charge in [0.2, 0.25) is 5.95 Å². The molecule has 418 valence electrons. The third-order valence-corrected chi connectivity index (χ3v) is 18.2. The second-order valence-corrected chi connectivity index (χ2v) is 23.8. The summed E-state index contributed by atoms with van der Waals surface area (Å²) >= 11 is 0. The van der Waals surface area contributed by atoms with E-state index in [0.717, 1.165) is 95.3 Å². The summed E-state index contributed by atoms with van der Waals surface area (Å²) in [6, 6.07) is 104. The first-order valence-electron chi connectivity index (χ1n) is 30.4. The van der Waals surface area contributed by atoms with Crippen molar-refractivity contribution in [3.8, 4) is 56.5 Å². The molecule has 6 heteroatoms. The molecule has 0 saturated carbocycles. The zero-order valence-corrected chi connectivity index (χ0v) is 49.1. The fourth-order valence-corrected chi connectivity index (χ4v) is 14.4. The molecule has 0 unspecified atom stereocenters. The molecule has 12 aromatic carbocycles. The highest BCUT2D eigenvalue weighted by Gasteiger charge is 2.47. The van der Waals surface area contributed by atoms with Crippen LogP contribution in [0.25, 0.3) is 77.9 Å². The van der Waals surface area contributed by atoms with Gasteiger partial charge >= 0.3 is 0 Å². The van der Waals surface area contributed by atoms with Crippen molar-refractivity contribution in [2.24, 2.45) is 0 Å². The fraction of sp³-hybridized carbons (Fsp3) is 0.0988. The molecular weight excluding hydrogens is 1060 g/mol. The molecule has 16 rings (SSSR count). The number of fused-ring (bicyclic) bond motifs is 8. The molecule has 0 radical (unpaired) electrons. The van der Waals surface area contributed by atoms with E-state index in [-0.39, 0.29) is 11.8 Å². The molecule has 1 aliphatic heterocycles. The van der Waals surface area contributed by atoms with Crippen molar-refractivity contribution >= 4 is 55.6 Å². The third-order valence-electron chi connectivity index (χ3n) is 18.2. The summed E-state index contributed by atoms with van der Waals surface area (Å²) in [4.78, 5) is 10.5. The Bertz CT molecular complexity index is 4830. The van der Waals surface area contributed by atoms with Crippen molar-refractivity contribution in [3.63, 3.8) is 0 Å². The molecule has 0 spiro atoms. The number of anilines is 4. The summed E-state index contributed by atoms with van der Waals surface area (Å²) in [5, 5.41) is 2.29. The van der Waals surface area contributed by atoms with Crippen molar-refractivity contribution in [2.75, 3.05) is 16.5 Å². The van der Waals surface area contributed by atoms with Crippen LogP contribution in [0.15, 0.2) is 285 Å². The molecular formula is C81H63N5O. The van der Waals surface area contributed by atoms with Gasteiger partial charge in [0.25, 0.3) is 0 Å². The summed E-state index contributed by atoms with van der Waals surface area (Å²) in [6.07, 6.45) is 0. The number of aromatic nitrogens is 3. The Balaban J connectivity index is 0.831. The second-order valence-electron chi connectivity index (χ2n) is 23.8. The number of ether oxygens (including phenoxy) is 1. The predicted octanol–water partition coefficient (Wildman–Crippen LogP) is 21.1.